The average Bonchev–Trinajstić information content (AvgIpc) is 2.69. The summed E-state index contributed by atoms with van der Waals surface area (Å²) in [4.78, 5) is 27.2. The Balaban J connectivity index is 1.56. The second-order valence-electron chi connectivity index (χ2n) is 8.70. The Kier molecular flexibility index (Phi) is 5.87. The standard InChI is InChI=1S/C24H30N2O2/c1-17-7-5-6-8-21(17)25-22(27)18-13-15-26(16-14-18)23(28)19-9-11-20(12-10-19)24(2,3)4/h5-12,18H,13-16H2,1-4H3,(H,25,27). The highest BCUT2D eigenvalue weighted by molar-refractivity contribution is 5.95. The van der Waals surface area contributed by atoms with Crippen molar-refractivity contribution in [1.29, 1.82) is 0 Å². The molecule has 2 aromatic carbocycles. The van der Waals surface area contributed by atoms with Crippen LogP contribution >= 0.6 is 0 Å². The van der Waals surface area contributed by atoms with E-state index in [9.17, 15) is 9.59 Å². The van der Waals surface area contributed by atoms with Gasteiger partial charge in [0.05, 0.1) is 0 Å². The van der Waals surface area contributed by atoms with Crippen LogP contribution in [0, 0.1) is 12.8 Å². The van der Waals surface area contributed by atoms with Crippen LogP contribution in [0.15, 0.2) is 48.5 Å². The molecule has 0 aliphatic carbocycles. The third-order valence-electron chi connectivity index (χ3n) is 5.55. The zero-order valence-corrected chi connectivity index (χ0v) is 17.3. The molecular weight excluding hydrogens is 348 g/mol. The maximum absolute atomic E-state index is 12.8. The van der Waals surface area contributed by atoms with Gasteiger partial charge in [-0.15, -0.1) is 0 Å². The minimum Gasteiger partial charge on any atom is -0.339 e. The molecule has 0 unspecified atom stereocenters. The molecule has 0 saturated carbocycles. The number of anilines is 1. The third kappa shape index (κ3) is 4.61. The fraction of sp³-hybridized carbons (Fsp3) is 0.417. The highest BCUT2D eigenvalue weighted by atomic mass is 16.2. The lowest BCUT2D eigenvalue weighted by Gasteiger charge is -2.31. The van der Waals surface area contributed by atoms with E-state index in [2.05, 4.69) is 26.1 Å². The molecule has 0 radical (unpaired) electrons. The Morgan fingerprint density at radius 3 is 2.14 bits per heavy atom. The SMILES string of the molecule is Cc1ccccc1NC(=O)C1CCN(C(=O)c2ccc(C(C)(C)C)cc2)CC1. The molecule has 4 nitrogen and oxygen atoms in total. The summed E-state index contributed by atoms with van der Waals surface area (Å²) in [5.41, 5.74) is 3.93. The molecule has 0 spiro atoms. The summed E-state index contributed by atoms with van der Waals surface area (Å²) >= 11 is 0. The van der Waals surface area contributed by atoms with Crippen molar-refractivity contribution >= 4 is 17.5 Å². The minimum absolute atomic E-state index is 0.0491. The summed E-state index contributed by atoms with van der Waals surface area (Å²) < 4.78 is 0. The molecule has 1 N–H and O–H groups in total. The van der Waals surface area contributed by atoms with Crippen LogP contribution in [0.25, 0.3) is 0 Å². The minimum atomic E-state index is -0.0491. The van der Waals surface area contributed by atoms with Crippen molar-refractivity contribution in [1.82, 2.24) is 4.90 Å². The summed E-state index contributed by atoms with van der Waals surface area (Å²) in [5.74, 6) is 0.0565. The number of hydrogen-bond acceptors (Lipinski definition) is 2. The number of aryl methyl sites for hydroxylation is 1. The molecule has 0 bridgehead atoms. The number of nitrogens with one attached hydrogen (secondary N) is 1. The number of para-hydroxylation sites is 1. The van der Waals surface area contributed by atoms with Gasteiger partial charge >= 0.3 is 0 Å². The Labute approximate surface area is 167 Å². The van der Waals surface area contributed by atoms with Crippen molar-refractivity contribution in [3.8, 4) is 0 Å². The number of amides is 2. The van der Waals surface area contributed by atoms with E-state index in [-0.39, 0.29) is 23.1 Å². The first-order chi connectivity index (χ1) is 13.3. The topological polar surface area (TPSA) is 49.4 Å². The lowest BCUT2D eigenvalue weighted by molar-refractivity contribution is -0.121. The normalized spacial score (nSPS) is 15.4. The van der Waals surface area contributed by atoms with Gasteiger partial charge in [-0.1, -0.05) is 51.1 Å². The second-order valence-corrected chi connectivity index (χ2v) is 8.70. The van der Waals surface area contributed by atoms with Crippen LogP contribution in [0.5, 0.6) is 0 Å². The van der Waals surface area contributed by atoms with E-state index in [1.165, 1.54) is 5.56 Å². The number of hydrogen-bond donors (Lipinski definition) is 1. The van der Waals surface area contributed by atoms with Crippen LogP contribution in [-0.4, -0.2) is 29.8 Å². The van der Waals surface area contributed by atoms with E-state index < -0.39 is 0 Å². The van der Waals surface area contributed by atoms with Crippen molar-refractivity contribution in [2.45, 2.75) is 46.0 Å². The summed E-state index contributed by atoms with van der Waals surface area (Å²) in [7, 11) is 0. The van der Waals surface area contributed by atoms with Gasteiger partial charge in [0.25, 0.3) is 5.91 Å². The van der Waals surface area contributed by atoms with E-state index in [0.29, 0.717) is 25.9 Å². The zero-order valence-electron chi connectivity index (χ0n) is 17.3. The van der Waals surface area contributed by atoms with E-state index in [4.69, 9.17) is 0 Å². The quantitative estimate of drug-likeness (QED) is 0.835. The van der Waals surface area contributed by atoms with Crippen molar-refractivity contribution in [2.75, 3.05) is 18.4 Å². The molecule has 148 valence electrons. The molecule has 1 saturated heterocycles. The Hall–Kier alpha value is -2.62. The van der Waals surface area contributed by atoms with Crippen LogP contribution in [0.2, 0.25) is 0 Å². The fourth-order valence-corrected chi connectivity index (χ4v) is 3.59. The number of likely N-dealkylation sites (tertiary alicyclic amines) is 1. The predicted octanol–water partition coefficient (Wildman–Crippen LogP) is 4.78. The smallest absolute Gasteiger partial charge is 0.253 e. The van der Waals surface area contributed by atoms with Crippen molar-refractivity contribution < 1.29 is 9.59 Å². The second kappa shape index (κ2) is 8.17. The Morgan fingerprint density at radius 1 is 0.964 bits per heavy atom. The van der Waals surface area contributed by atoms with E-state index >= 15 is 0 Å². The molecule has 1 aliphatic heterocycles. The Morgan fingerprint density at radius 2 is 1.57 bits per heavy atom. The number of carbonyl (C=O) groups is 2. The van der Waals surface area contributed by atoms with Gasteiger partial charge in [0, 0.05) is 30.3 Å². The number of nitrogens with zero attached hydrogens (tertiary/aromatic N) is 1. The van der Waals surface area contributed by atoms with Gasteiger partial charge in [-0.3, -0.25) is 9.59 Å². The summed E-state index contributed by atoms with van der Waals surface area (Å²) in [6.07, 6.45) is 1.40. The number of carbonyl (C=O) groups excluding carboxylic acids is 2. The molecule has 2 aromatic rings. The maximum Gasteiger partial charge on any atom is 0.253 e. The summed E-state index contributed by atoms with van der Waals surface area (Å²) in [6.45, 7) is 9.71. The zero-order chi connectivity index (χ0) is 20.3. The molecule has 1 fully saturated rings. The lowest BCUT2D eigenvalue weighted by Crippen LogP contribution is -2.41. The number of benzene rings is 2. The predicted molar refractivity (Wildman–Crippen MR) is 114 cm³/mol. The first-order valence-corrected chi connectivity index (χ1v) is 10.0. The van der Waals surface area contributed by atoms with Gasteiger partial charge in [0.15, 0.2) is 0 Å². The van der Waals surface area contributed by atoms with Gasteiger partial charge in [-0.05, 0) is 54.5 Å². The molecule has 4 heteroatoms. The first-order valence-electron chi connectivity index (χ1n) is 10.0. The van der Waals surface area contributed by atoms with Gasteiger partial charge in [-0.25, -0.2) is 0 Å². The maximum atomic E-state index is 12.8. The van der Waals surface area contributed by atoms with Crippen LogP contribution in [0.4, 0.5) is 5.69 Å². The monoisotopic (exact) mass is 378 g/mol. The molecule has 2 amide bonds. The molecule has 0 aromatic heterocycles. The molecule has 1 aliphatic rings. The molecule has 0 atom stereocenters. The Bertz CT molecular complexity index is 842. The van der Waals surface area contributed by atoms with Crippen LogP contribution in [0.3, 0.4) is 0 Å². The fourth-order valence-electron chi connectivity index (χ4n) is 3.59. The van der Waals surface area contributed by atoms with Crippen LogP contribution in [0.1, 0.15) is 55.1 Å². The molecule has 3 rings (SSSR count). The van der Waals surface area contributed by atoms with Gasteiger partial charge < -0.3 is 10.2 Å². The van der Waals surface area contributed by atoms with E-state index in [1.807, 2.05) is 60.4 Å². The van der Waals surface area contributed by atoms with Gasteiger partial charge in [-0.2, -0.15) is 0 Å². The highest BCUT2D eigenvalue weighted by Gasteiger charge is 2.28. The third-order valence-corrected chi connectivity index (χ3v) is 5.55. The van der Waals surface area contributed by atoms with Crippen LogP contribution < -0.4 is 5.32 Å². The first kappa shape index (κ1) is 20.1. The largest absolute Gasteiger partial charge is 0.339 e. The van der Waals surface area contributed by atoms with E-state index in [1.54, 1.807) is 0 Å². The molecular formula is C24H30N2O2. The van der Waals surface area contributed by atoms with Gasteiger partial charge in [0.2, 0.25) is 5.91 Å². The van der Waals surface area contributed by atoms with E-state index in [0.717, 1.165) is 16.8 Å². The van der Waals surface area contributed by atoms with Gasteiger partial charge in [0.1, 0.15) is 0 Å². The van der Waals surface area contributed by atoms with Crippen molar-refractivity contribution in [2.24, 2.45) is 5.92 Å². The number of piperidine rings is 1. The average molecular weight is 379 g/mol. The van der Waals surface area contributed by atoms with Crippen LogP contribution in [-0.2, 0) is 10.2 Å². The summed E-state index contributed by atoms with van der Waals surface area (Å²) in [5, 5.41) is 3.03. The lowest BCUT2D eigenvalue weighted by atomic mass is 9.86. The number of rotatable bonds is 3. The van der Waals surface area contributed by atoms with Crippen molar-refractivity contribution in [3.05, 3.63) is 65.2 Å². The molecule has 1 heterocycles. The highest BCUT2D eigenvalue weighted by Crippen LogP contribution is 2.25. The summed E-state index contributed by atoms with van der Waals surface area (Å²) in [6, 6.07) is 15.7. The van der Waals surface area contributed by atoms with Crippen molar-refractivity contribution in [3.63, 3.8) is 0 Å². The molecule has 28 heavy (non-hydrogen) atoms.